The van der Waals surface area contributed by atoms with Gasteiger partial charge >= 0.3 is 0 Å². The lowest BCUT2D eigenvalue weighted by molar-refractivity contribution is 0.0463. The van der Waals surface area contributed by atoms with Crippen molar-refractivity contribution in [1.82, 2.24) is 5.48 Å². The van der Waals surface area contributed by atoms with Gasteiger partial charge in [0.05, 0.1) is 24.8 Å². The van der Waals surface area contributed by atoms with Crippen LogP contribution in [0.2, 0.25) is 5.02 Å². The number of rotatable bonds is 2. The summed E-state index contributed by atoms with van der Waals surface area (Å²) in [4.78, 5) is 4.97. The fourth-order valence-corrected chi connectivity index (χ4v) is 2.20. The predicted molar refractivity (Wildman–Crippen MR) is 59.2 cm³/mol. The molecule has 0 aromatic heterocycles. The molecule has 0 aliphatic carbocycles. The SMILES string of the molecule is CONC1CCOc2c(Cl)cc(C)cc21. The van der Waals surface area contributed by atoms with Crippen LogP contribution in [0.4, 0.5) is 0 Å². The molecule has 4 heteroatoms. The zero-order valence-corrected chi connectivity index (χ0v) is 9.60. The van der Waals surface area contributed by atoms with Gasteiger partial charge in [0.15, 0.2) is 0 Å². The van der Waals surface area contributed by atoms with E-state index < -0.39 is 0 Å². The van der Waals surface area contributed by atoms with Gasteiger partial charge in [0.25, 0.3) is 0 Å². The molecule has 82 valence electrons. The first-order valence-electron chi connectivity index (χ1n) is 4.93. The second kappa shape index (κ2) is 4.39. The lowest BCUT2D eigenvalue weighted by atomic mass is 9.99. The van der Waals surface area contributed by atoms with Crippen molar-refractivity contribution in [3.63, 3.8) is 0 Å². The van der Waals surface area contributed by atoms with Crippen molar-refractivity contribution in [3.05, 3.63) is 28.3 Å². The van der Waals surface area contributed by atoms with Crippen LogP contribution in [0, 0.1) is 6.92 Å². The van der Waals surface area contributed by atoms with Crippen LogP contribution in [-0.2, 0) is 4.84 Å². The Kier molecular flexibility index (Phi) is 3.14. The molecule has 1 aromatic carbocycles. The largest absolute Gasteiger partial charge is 0.492 e. The van der Waals surface area contributed by atoms with Crippen LogP contribution in [-0.4, -0.2) is 13.7 Å². The van der Waals surface area contributed by atoms with Gasteiger partial charge in [0.1, 0.15) is 5.75 Å². The quantitative estimate of drug-likeness (QED) is 0.788. The lowest BCUT2D eigenvalue weighted by Crippen LogP contribution is -2.26. The van der Waals surface area contributed by atoms with Gasteiger partial charge < -0.3 is 9.57 Å². The van der Waals surface area contributed by atoms with E-state index in [0.29, 0.717) is 11.6 Å². The van der Waals surface area contributed by atoms with Gasteiger partial charge in [-0.1, -0.05) is 17.7 Å². The summed E-state index contributed by atoms with van der Waals surface area (Å²) in [5.74, 6) is 0.781. The van der Waals surface area contributed by atoms with Gasteiger partial charge in [0, 0.05) is 12.0 Å². The standard InChI is InChI=1S/C11H14ClNO2/c1-7-5-8-10(13-14-2)3-4-15-11(8)9(12)6-7/h5-6,10,13H,3-4H2,1-2H3. The third-order valence-electron chi connectivity index (χ3n) is 2.51. The maximum absolute atomic E-state index is 6.12. The number of nitrogens with one attached hydrogen (secondary N) is 1. The van der Waals surface area contributed by atoms with Gasteiger partial charge in [0.2, 0.25) is 0 Å². The molecular weight excluding hydrogens is 214 g/mol. The zero-order chi connectivity index (χ0) is 10.8. The Morgan fingerprint density at radius 1 is 1.53 bits per heavy atom. The molecular formula is C11H14ClNO2. The number of benzene rings is 1. The molecule has 2 rings (SSSR count). The molecule has 1 aromatic rings. The highest BCUT2D eigenvalue weighted by atomic mass is 35.5. The highest BCUT2D eigenvalue weighted by molar-refractivity contribution is 6.32. The van der Waals surface area contributed by atoms with Gasteiger partial charge in [-0.2, -0.15) is 5.48 Å². The smallest absolute Gasteiger partial charge is 0.142 e. The Hall–Kier alpha value is -0.770. The summed E-state index contributed by atoms with van der Waals surface area (Å²) in [7, 11) is 1.62. The van der Waals surface area contributed by atoms with E-state index >= 15 is 0 Å². The molecule has 1 N–H and O–H groups in total. The first kappa shape index (κ1) is 10.7. The van der Waals surface area contributed by atoms with Crippen molar-refractivity contribution in [2.75, 3.05) is 13.7 Å². The maximum atomic E-state index is 6.12. The number of hydrogen-bond acceptors (Lipinski definition) is 3. The normalized spacial score (nSPS) is 19.5. The van der Waals surface area contributed by atoms with E-state index in [2.05, 4.69) is 11.5 Å². The molecule has 1 unspecified atom stereocenters. The highest BCUT2D eigenvalue weighted by Crippen LogP contribution is 2.38. The first-order chi connectivity index (χ1) is 7.22. The summed E-state index contributed by atoms with van der Waals surface area (Å²) in [6.45, 7) is 2.68. The third kappa shape index (κ3) is 2.09. The van der Waals surface area contributed by atoms with E-state index in [1.54, 1.807) is 7.11 Å². The Balaban J connectivity index is 2.41. The Morgan fingerprint density at radius 3 is 3.07 bits per heavy atom. The predicted octanol–water partition coefficient (Wildman–Crippen LogP) is 2.62. The van der Waals surface area contributed by atoms with Crippen molar-refractivity contribution in [3.8, 4) is 5.75 Å². The molecule has 1 aliphatic rings. The van der Waals surface area contributed by atoms with E-state index in [4.69, 9.17) is 21.2 Å². The number of hydrogen-bond donors (Lipinski definition) is 1. The summed E-state index contributed by atoms with van der Waals surface area (Å²) in [6.07, 6.45) is 0.890. The summed E-state index contributed by atoms with van der Waals surface area (Å²) < 4.78 is 5.56. The van der Waals surface area contributed by atoms with Crippen molar-refractivity contribution in [2.45, 2.75) is 19.4 Å². The molecule has 0 saturated carbocycles. The minimum atomic E-state index is 0.163. The van der Waals surface area contributed by atoms with Crippen molar-refractivity contribution >= 4 is 11.6 Å². The molecule has 3 nitrogen and oxygen atoms in total. The summed E-state index contributed by atoms with van der Waals surface area (Å²) in [6, 6.07) is 4.16. The van der Waals surface area contributed by atoms with Gasteiger partial charge in [-0.3, -0.25) is 0 Å². The maximum Gasteiger partial charge on any atom is 0.142 e. The van der Waals surface area contributed by atoms with Crippen molar-refractivity contribution in [1.29, 1.82) is 0 Å². The molecule has 0 bridgehead atoms. The average molecular weight is 228 g/mol. The molecule has 0 saturated heterocycles. The minimum Gasteiger partial charge on any atom is -0.492 e. The van der Waals surface area contributed by atoms with Crippen LogP contribution in [0.15, 0.2) is 12.1 Å². The van der Waals surface area contributed by atoms with Crippen LogP contribution >= 0.6 is 11.6 Å². The van der Waals surface area contributed by atoms with E-state index in [0.717, 1.165) is 23.3 Å². The van der Waals surface area contributed by atoms with Gasteiger partial charge in [-0.25, -0.2) is 0 Å². The summed E-state index contributed by atoms with van der Waals surface area (Å²) in [5, 5.41) is 0.674. The molecule has 0 radical (unpaired) electrons. The second-order valence-corrected chi connectivity index (χ2v) is 4.08. The fourth-order valence-electron chi connectivity index (χ4n) is 1.87. The molecule has 1 heterocycles. The molecule has 1 atom stereocenters. The minimum absolute atomic E-state index is 0.163. The first-order valence-corrected chi connectivity index (χ1v) is 5.31. The van der Waals surface area contributed by atoms with Crippen LogP contribution in [0.1, 0.15) is 23.6 Å². The molecule has 0 amide bonds. The topological polar surface area (TPSA) is 30.5 Å². The van der Waals surface area contributed by atoms with Crippen LogP contribution in [0.25, 0.3) is 0 Å². The van der Waals surface area contributed by atoms with Crippen molar-refractivity contribution in [2.24, 2.45) is 0 Å². The monoisotopic (exact) mass is 227 g/mol. The Labute approximate surface area is 94.3 Å². The van der Waals surface area contributed by atoms with Gasteiger partial charge in [-0.15, -0.1) is 0 Å². The zero-order valence-electron chi connectivity index (χ0n) is 8.84. The highest BCUT2D eigenvalue weighted by Gasteiger charge is 2.23. The summed E-state index contributed by atoms with van der Waals surface area (Å²) >= 11 is 6.12. The average Bonchev–Trinajstić information content (AvgIpc) is 2.19. The van der Waals surface area contributed by atoms with Crippen molar-refractivity contribution < 1.29 is 9.57 Å². The fraction of sp³-hybridized carbons (Fsp3) is 0.455. The molecule has 15 heavy (non-hydrogen) atoms. The number of aryl methyl sites for hydroxylation is 1. The van der Waals surface area contributed by atoms with Gasteiger partial charge in [-0.05, 0) is 18.6 Å². The molecule has 0 spiro atoms. The summed E-state index contributed by atoms with van der Waals surface area (Å²) in [5.41, 5.74) is 5.17. The molecule has 0 fully saturated rings. The number of ether oxygens (including phenoxy) is 1. The lowest BCUT2D eigenvalue weighted by Gasteiger charge is -2.27. The molecule has 1 aliphatic heterocycles. The Morgan fingerprint density at radius 2 is 2.33 bits per heavy atom. The third-order valence-corrected chi connectivity index (χ3v) is 2.79. The van der Waals surface area contributed by atoms with Crippen LogP contribution < -0.4 is 10.2 Å². The second-order valence-electron chi connectivity index (χ2n) is 3.68. The number of fused-ring (bicyclic) bond motifs is 1. The van der Waals surface area contributed by atoms with E-state index in [-0.39, 0.29) is 6.04 Å². The Bertz CT molecular complexity index is 368. The van der Waals surface area contributed by atoms with E-state index in [9.17, 15) is 0 Å². The number of halogens is 1. The van der Waals surface area contributed by atoms with E-state index in [1.165, 1.54) is 0 Å². The van der Waals surface area contributed by atoms with Crippen LogP contribution in [0.5, 0.6) is 5.75 Å². The number of hydroxylamine groups is 1. The van der Waals surface area contributed by atoms with E-state index in [1.807, 2.05) is 13.0 Å². The van der Waals surface area contributed by atoms with Crippen LogP contribution in [0.3, 0.4) is 0 Å².